The SMILES string of the molecule is CN=C(NCCc1ccc(C)nc1)NCC1(C(=O)N(C)C)CCCC1.I. The molecule has 0 saturated heterocycles. The Morgan fingerprint density at radius 1 is 1.27 bits per heavy atom. The third-order valence-corrected chi connectivity index (χ3v) is 4.92. The minimum absolute atomic E-state index is 0. The molecule has 0 aromatic carbocycles. The van der Waals surface area contributed by atoms with Gasteiger partial charge in [-0.05, 0) is 37.8 Å². The van der Waals surface area contributed by atoms with Crippen molar-refractivity contribution in [2.75, 3.05) is 34.2 Å². The number of aromatic nitrogens is 1. The van der Waals surface area contributed by atoms with Crippen LogP contribution < -0.4 is 10.6 Å². The maximum Gasteiger partial charge on any atom is 0.230 e. The molecule has 0 bridgehead atoms. The van der Waals surface area contributed by atoms with Gasteiger partial charge in [0.15, 0.2) is 5.96 Å². The predicted octanol–water partition coefficient (Wildman–Crippen LogP) is 2.36. The fourth-order valence-corrected chi connectivity index (χ4v) is 3.44. The number of halogens is 1. The second-order valence-electron chi connectivity index (χ2n) is 7.10. The first-order chi connectivity index (χ1) is 12.0. The monoisotopic (exact) mass is 473 g/mol. The van der Waals surface area contributed by atoms with Crippen LogP contribution in [0, 0.1) is 12.3 Å². The number of carbonyl (C=O) groups is 1. The molecule has 0 spiro atoms. The molecule has 7 heteroatoms. The summed E-state index contributed by atoms with van der Waals surface area (Å²) in [6.07, 6.45) is 6.93. The van der Waals surface area contributed by atoms with E-state index < -0.39 is 0 Å². The van der Waals surface area contributed by atoms with Gasteiger partial charge in [-0.3, -0.25) is 14.8 Å². The van der Waals surface area contributed by atoms with Crippen molar-refractivity contribution in [3.05, 3.63) is 29.6 Å². The highest BCUT2D eigenvalue weighted by atomic mass is 127. The molecule has 1 aliphatic carbocycles. The van der Waals surface area contributed by atoms with Gasteiger partial charge in [0.05, 0.1) is 5.41 Å². The van der Waals surface area contributed by atoms with E-state index in [0.717, 1.165) is 50.3 Å². The van der Waals surface area contributed by atoms with Crippen LogP contribution in [0.5, 0.6) is 0 Å². The van der Waals surface area contributed by atoms with Crippen molar-refractivity contribution in [1.82, 2.24) is 20.5 Å². The molecule has 0 radical (unpaired) electrons. The number of rotatable bonds is 6. The highest BCUT2D eigenvalue weighted by molar-refractivity contribution is 14.0. The second kappa shape index (κ2) is 10.7. The molecule has 1 heterocycles. The van der Waals surface area contributed by atoms with Crippen molar-refractivity contribution < 1.29 is 4.79 Å². The lowest BCUT2D eigenvalue weighted by atomic mass is 9.84. The van der Waals surface area contributed by atoms with Gasteiger partial charge in [0.2, 0.25) is 5.91 Å². The third kappa shape index (κ3) is 6.10. The Morgan fingerprint density at radius 2 is 1.96 bits per heavy atom. The molecule has 0 atom stereocenters. The van der Waals surface area contributed by atoms with Crippen molar-refractivity contribution in [1.29, 1.82) is 0 Å². The Bertz CT molecular complexity index is 594. The first kappa shape index (κ1) is 22.7. The van der Waals surface area contributed by atoms with Crippen LogP contribution in [0.1, 0.15) is 36.9 Å². The summed E-state index contributed by atoms with van der Waals surface area (Å²) in [5.41, 5.74) is 1.94. The van der Waals surface area contributed by atoms with Gasteiger partial charge in [-0.25, -0.2) is 0 Å². The van der Waals surface area contributed by atoms with Gasteiger partial charge in [-0.15, -0.1) is 24.0 Å². The number of hydrogen-bond acceptors (Lipinski definition) is 3. The van der Waals surface area contributed by atoms with E-state index in [1.54, 1.807) is 11.9 Å². The van der Waals surface area contributed by atoms with Crippen LogP contribution in [-0.2, 0) is 11.2 Å². The van der Waals surface area contributed by atoms with Crippen molar-refractivity contribution in [3.8, 4) is 0 Å². The van der Waals surface area contributed by atoms with Gasteiger partial charge < -0.3 is 15.5 Å². The summed E-state index contributed by atoms with van der Waals surface area (Å²) in [4.78, 5) is 22.9. The molecule has 26 heavy (non-hydrogen) atoms. The number of carbonyl (C=O) groups excluding carboxylic acids is 1. The first-order valence-corrected chi connectivity index (χ1v) is 9.05. The average Bonchev–Trinajstić information content (AvgIpc) is 3.08. The zero-order valence-corrected chi connectivity index (χ0v) is 18.7. The molecule has 1 aromatic heterocycles. The van der Waals surface area contributed by atoms with Crippen molar-refractivity contribution in [2.45, 2.75) is 39.0 Å². The van der Waals surface area contributed by atoms with Crippen molar-refractivity contribution in [2.24, 2.45) is 10.4 Å². The molecule has 0 aliphatic heterocycles. The van der Waals surface area contributed by atoms with Gasteiger partial charge in [-0.1, -0.05) is 18.9 Å². The van der Waals surface area contributed by atoms with Crippen LogP contribution in [0.3, 0.4) is 0 Å². The molecule has 1 aliphatic rings. The first-order valence-electron chi connectivity index (χ1n) is 9.05. The maximum absolute atomic E-state index is 12.6. The fraction of sp³-hybridized carbons (Fsp3) is 0.632. The van der Waals surface area contributed by atoms with Crippen LogP contribution in [0.2, 0.25) is 0 Å². The highest BCUT2D eigenvalue weighted by Gasteiger charge is 2.42. The third-order valence-electron chi connectivity index (χ3n) is 4.92. The lowest BCUT2D eigenvalue weighted by Crippen LogP contribution is -2.49. The molecule has 1 amide bonds. The lowest BCUT2D eigenvalue weighted by Gasteiger charge is -2.31. The highest BCUT2D eigenvalue weighted by Crippen LogP contribution is 2.38. The summed E-state index contributed by atoms with van der Waals surface area (Å²) in [5.74, 6) is 0.969. The Balaban J connectivity index is 0.00000338. The molecule has 1 fully saturated rings. The van der Waals surface area contributed by atoms with E-state index in [2.05, 4.69) is 26.7 Å². The minimum Gasteiger partial charge on any atom is -0.356 e. The van der Waals surface area contributed by atoms with Gasteiger partial charge in [0, 0.05) is 46.1 Å². The zero-order chi connectivity index (χ0) is 18.3. The van der Waals surface area contributed by atoms with Crippen LogP contribution >= 0.6 is 24.0 Å². The molecule has 1 aromatic rings. The van der Waals surface area contributed by atoms with E-state index in [1.165, 1.54) is 5.56 Å². The molecule has 2 rings (SSSR count). The molecule has 2 N–H and O–H groups in total. The van der Waals surface area contributed by atoms with Crippen LogP contribution in [0.4, 0.5) is 0 Å². The van der Waals surface area contributed by atoms with E-state index in [1.807, 2.05) is 33.3 Å². The fourth-order valence-electron chi connectivity index (χ4n) is 3.44. The number of nitrogens with one attached hydrogen (secondary N) is 2. The maximum atomic E-state index is 12.6. The van der Waals surface area contributed by atoms with E-state index in [-0.39, 0.29) is 35.3 Å². The Morgan fingerprint density at radius 3 is 2.50 bits per heavy atom. The van der Waals surface area contributed by atoms with E-state index in [9.17, 15) is 4.79 Å². The normalized spacial score (nSPS) is 15.9. The predicted molar refractivity (Wildman–Crippen MR) is 117 cm³/mol. The molecule has 146 valence electrons. The molecular formula is C19H32IN5O. The van der Waals surface area contributed by atoms with Gasteiger partial charge in [-0.2, -0.15) is 0 Å². The van der Waals surface area contributed by atoms with E-state index in [4.69, 9.17) is 0 Å². The number of amides is 1. The quantitative estimate of drug-likeness (QED) is 0.378. The van der Waals surface area contributed by atoms with E-state index in [0.29, 0.717) is 6.54 Å². The smallest absolute Gasteiger partial charge is 0.230 e. The van der Waals surface area contributed by atoms with Crippen molar-refractivity contribution >= 4 is 35.8 Å². The number of aliphatic imine (C=N–C) groups is 1. The second-order valence-corrected chi connectivity index (χ2v) is 7.10. The summed E-state index contributed by atoms with van der Waals surface area (Å²) < 4.78 is 0. The Kier molecular flexibility index (Phi) is 9.32. The van der Waals surface area contributed by atoms with Gasteiger partial charge in [0.25, 0.3) is 0 Å². The number of hydrogen-bond donors (Lipinski definition) is 2. The summed E-state index contributed by atoms with van der Waals surface area (Å²) >= 11 is 0. The number of guanidine groups is 1. The number of aryl methyl sites for hydroxylation is 1. The van der Waals surface area contributed by atoms with Crippen LogP contribution in [0.25, 0.3) is 0 Å². The average molecular weight is 473 g/mol. The largest absolute Gasteiger partial charge is 0.356 e. The molecule has 0 unspecified atom stereocenters. The van der Waals surface area contributed by atoms with Gasteiger partial charge >= 0.3 is 0 Å². The summed E-state index contributed by atoms with van der Waals surface area (Å²) in [7, 11) is 5.44. The topological polar surface area (TPSA) is 69.6 Å². The molecule has 1 saturated carbocycles. The van der Waals surface area contributed by atoms with Crippen molar-refractivity contribution in [3.63, 3.8) is 0 Å². The minimum atomic E-state index is -0.290. The lowest BCUT2D eigenvalue weighted by molar-refractivity contribution is -0.138. The Hall–Kier alpha value is -1.38. The standard InChI is InChI=1S/C19H31N5O.HI/c1-15-7-8-16(13-22-15)9-12-21-18(20-2)23-14-19(10-5-6-11-19)17(25)24(3)4;/h7-8,13H,5-6,9-12,14H2,1-4H3,(H2,20,21,23);1H. The molecule has 6 nitrogen and oxygen atoms in total. The zero-order valence-electron chi connectivity index (χ0n) is 16.3. The van der Waals surface area contributed by atoms with E-state index >= 15 is 0 Å². The number of pyridine rings is 1. The Labute approximate surface area is 174 Å². The number of nitrogens with zero attached hydrogens (tertiary/aromatic N) is 3. The van der Waals surface area contributed by atoms with Crippen LogP contribution in [-0.4, -0.2) is 56.0 Å². The summed E-state index contributed by atoms with van der Waals surface area (Å²) in [5, 5.41) is 6.69. The summed E-state index contributed by atoms with van der Waals surface area (Å²) in [6.45, 7) is 3.40. The summed E-state index contributed by atoms with van der Waals surface area (Å²) in [6, 6.07) is 4.13. The van der Waals surface area contributed by atoms with Crippen LogP contribution in [0.15, 0.2) is 23.3 Å². The van der Waals surface area contributed by atoms with Gasteiger partial charge in [0.1, 0.15) is 0 Å². The molecular weight excluding hydrogens is 441 g/mol.